The van der Waals surface area contributed by atoms with E-state index in [1.807, 2.05) is 0 Å². The van der Waals surface area contributed by atoms with Crippen LogP contribution in [0.25, 0.3) is 0 Å². The van der Waals surface area contributed by atoms with Crippen LogP contribution in [0, 0.1) is 0 Å². The summed E-state index contributed by atoms with van der Waals surface area (Å²) in [4.78, 5) is 61.2. The minimum atomic E-state index is -1.05. The summed E-state index contributed by atoms with van der Waals surface area (Å²) >= 11 is 0. The summed E-state index contributed by atoms with van der Waals surface area (Å²) in [7, 11) is 1.20. The Labute approximate surface area is 223 Å². The van der Waals surface area contributed by atoms with Crippen molar-refractivity contribution in [2.45, 2.75) is 84.6 Å². The van der Waals surface area contributed by atoms with Crippen LogP contribution in [0.4, 0.5) is 4.79 Å². The first kappa shape index (κ1) is 32.1. The lowest BCUT2D eigenvalue weighted by Crippen LogP contribution is -2.53. The largest absolute Gasteiger partial charge is 0.469 e. The van der Waals surface area contributed by atoms with Gasteiger partial charge in [0.25, 0.3) is 0 Å². The second-order valence-electron chi connectivity index (χ2n) is 9.75. The standard InChI is InChI=1S/C27H38N2O9/c1-9-20(29-26(34)38-27(5,6)7)23(31)28-21(25(33)36-16(2)3)15-18-10-12-19(13-11-18)37-24(32)17(4)14-22(30)35-8/h10-13,16,20-21H,4,9,14-15H2,1-3,5-8H3,(H,28,31)(H,29,34). The van der Waals surface area contributed by atoms with Crippen LogP contribution in [0.15, 0.2) is 36.4 Å². The van der Waals surface area contributed by atoms with Crippen molar-refractivity contribution < 1.29 is 42.9 Å². The summed E-state index contributed by atoms with van der Waals surface area (Å²) in [6.07, 6.45) is -1.13. The van der Waals surface area contributed by atoms with E-state index in [0.717, 1.165) is 0 Å². The van der Waals surface area contributed by atoms with Gasteiger partial charge >= 0.3 is 24.0 Å². The molecule has 1 aromatic rings. The number of benzene rings is 1. The van der Waals surface area contributed by atoms with E-state index >= 15 is 0 Å². The molecule has 0 saturated heterocycles. The maximum Gasteiger partial charge on any atom is 0.408 e. The normalized spacial score (nSPS) is 12.5. The van der Waals surface area contributed by atoms with Gasteiger partial charge in [-0.05, 0) is 58.7 Å². The highest BCUT2D eigenvalue weighted by atomic mass is 16.6. The number of rotatable bonds is 12. The lowest BCUT2D eigenvalue weighted by molar-refractivity contribution is -0.151. The van der Waals surface area contributed by atoms with E-state index in [0.29, 0.717) is 5.56 Å². The molecule has 210 valence electrons. The highest BCUT2D eigenvalue weighted by Gasteiger charge is 2.29. The second-order valence-corrected chi connectivity index (χ2v) is 9.75. The second kappa shape index (κ2) is 14.7. The van der Waals surface area contributed by atoms with Gasteiger partial charge in [-0.15, -0.1) is 0 Å². The fourth-order valence-corrected chi connectivity index (χ4v) is 3.01. The number of amides is 2. The first-order valence-electron chi connectivity index (χ1n) is 12.2. The zero-order valence-electron chi connectivity index (χ0n) is 23.0. The van der Waals surface area contributed by atoms with Gasteiger partial charge in [-0.2, -0.15) is 0 Å². The maximum atomic E-state index is 12.9. The molecule has 0 spiro atoms. The molecule has 0 bridgehead atoms. The maximum absolute atomic E-state index is 12.9. The minimum Gasteiger partial charge on any atom is -0.469 e. The molecule has 0 saturated carbocycles. The predicted molar refractivity (Wildman–Crippen MR) is 138 cm³/mol. The van der Waals surface area contributed by atoms with E-state index < -0.39 is 53.7 Å². The fraction of sp³-hybridized carbons (Fsp3) is 0.519. The molecular formula is C27H38N2O9. The summed E-state index contributed by atoms with van der Waals surface area (Å²) in [5.74, 6) is -2.41. The van der Waals surface area contributed by atoms with Crippen molar-refractivity contribution in [2.75, 3.05) is 7.11 Å². The number of ether oxygens (including phenoxy) is 4. The van der Waals surface area contributed by atoms with E-state index in [-0.39, 0.29) is 30.6 Å². The molecule has 2 atom stereocenters. The Kier molecular flexibility index (Phi) is 12.5. The van der Waals surface area contributed by atoms with Crippen LogP contribution in [-0.4, -0.2) is 60.8 Å². The molecule has 1 aromatic carbocycles. The minimum absolute atomic E-state index is 0.0643. The molecule has 2 amide bonds. The summed E-state index contributed by atoms with van der Waals surface area (Å²) < 4.78 is 20.2. The molecule has 2 N–H and O–H groups in total. The molecule has 0 aromatic heterocycles. The van der Waals surface area contributed by atoms with Gasteiger partial charge in [0.15, 0.2) is 0 Å². The van der Waals surface area contributed by atoms with Gasteiger partial charge in [-0.1, -0.05) is 25.6 Å². The molecular weight excluding hydrogens is 496 g/mol. The Bertz CT molecular complexity index is 1010. The molecule has 1 rings (SSSR count). The summed E-state index contributed by atoms with van der Waals surface area (Å²) in [5.41, 5.74) is -0.166. The Balaban J connectivity index is 2.93. The highest BCUT2D eigenvalue weighted by Crippen LogP contribution is 2.16. The van der Waals surface area contributed by atoms with Crippen LogP contribution < -0.4 is 15.4 Å². The third-order valence-corrected chi connectivity index (χ3v) is 4.82. The van der Waals surface area contributed by atoms with Gasteiger partial charge in [0.2, 0.25) is 5.91 Å². The Morgan fingerprint density at radius 1 is 0.974 bits per heavy atom. The Morgan fingerprint density at radius 2 is 1.58 bits per heavy atom. The third kappa shape index (κ3) is 11.9. The molecule has 11 nitrogen and oxygen atoms in total. The van der Waals surface area contributed by atoms with Gasteiger partial charge in [-0.25, -0.2) is 14.4 Å². The first-order valence-corrected chi connectivity index (χ1v) is 12.2. The predicted octanol–water partition coefficient (Wildman–Crippen LogP) is 2.99. The molecule has 2 unspecified atom stereocenters. The average molecular weight is 535 g/mol. The molecule has 11 heteroatoms. The van der Waals surface area contributed by atoms with Crippen molar-refractivity contribution in [3.63, 3.8) is 0 Å². The monoisotopic (exact) mass is 534 g/mol. The van der Waals surface area contributed by atoms with Crippen LogP contribution in [0.3, 0.4) is 0 Å². The topological polar surface area (TPSA) is 146 Å². The van der Waals surface area contributed by atoms with E-state index in [2.05, 4.69) is 21.9 Å². The number of hydrogen-bond acceptors (Lipinski definition) is 9. The number of hydrogen-bond donors (Lipinski definition) is 2. The van der Waals surface area contributed by atoms with Crippen molar-refractivity contribution in [3.05, 3.63) is 42.0 Å². The van der Waals surface area contributed by atoms with Crippen LogP contribution in [0.5, 0.6) is 5.75 Å². The summed E-state index contributed by atoms with van der Waals surface area (Å²) in [6.45, 7) is 13.7. The number of nitrogens with one attached hydrogen (secondary N) is 2. The molecule has 0 aliphatic heterocycles. The lowest BCUT2D eigenvalue weighted by Gasteiger charge is -2.25. The van der Waals surface area contributed by atoms with Crippen LogP contribution in [-0.2, 0) is 39.8 Å². The first-order chi connectivity index (χ1) is 17.6. The summed E-state index contributed by atoms with van der Waals surface area (Å²) in [5, 5.41) is 5.16. The van der Waals surface area contributed by atoms with Gasteiger partial charge in [0.1, 0.15) is 23.4 Å². The SMILES string of the molecule is C=C(CC(=O)OC)C(=O)Oc1ccc(CC(NC(=O)C(CC)NC(=O)OC(C)(C)C)C(=O)OC(C)C)cc1. The zero-order chi connectivity index (χ0) is 29.0. The van der Waals surface area contributed by atoms with Crippen LogP contribution >= 0.6 is 0 Å². The number of esters is 3. The van der Waals surface area contributed by atoms with Crippen LogP contribution in [0.1, 0.15) is 59.9 Å². The van der Waals surface area contributed by atoms with Crippen LogP contribution in [0.2, 0.25) is 0 Å². The van der Waals surface area contributed by atoms with Crippen molar-refractivity contribution in [1.82, 2.24) is 10.6 Å². The number of alkyl carbamates (subject to hydrolysis) is 1. The van der Waals surface area contributed by atoms with E-state index in [4.69, 9.17) is 14.2 Å². The summed E-state index contributed by atoms with van der Waals surface area (Å²) in [6, 6.07) is 4.26. The van der Waals surface area contributed by atoms with Gasteiger partial charge in [0, 0.05) is 12.0 Å². The number of carbonyl (C=O) groups excluding carboxylic acids is 5. The zero-order valence-corrected chi connectivity index (χ0v) is 23.0. The number of carbonyl (C=O) groups is 5. The van der Waals surface area contributed by atoms with E-state index in [1.165, 1.54) is 19.2 Å². The van der Waals surface area contributed by atoms with Crippen molar-refractivity contribution >= 4 is 29.9 Å². The third-order valence-electron chi connectivity index (χ3n) is 4.82. The van der Waals surface area contributed by atoms with Crippen molar-refractivity contribution in [1.29, 1.82) is 0 Å². The smallest absolute Gasteiger partial charge is 0.408 e. The van der Waals surface area contributed by atoms with Gasteiger partial charge < -0.3 is 29.6 Å². The van der Waals surface area contributed by atoms with Gasteiger partial charge in [-0.3, -0.25) is 9.59 Å². The number of methoxy groups -OCH3 is 1. The van der Waals surface area contributed by atoms with Crippen molar-refractivity contribution in [3.8, 4) is 5.75 Å². The highest BCUT2D eigenvalue weighted by molar-refractivity contribution is 5.94. The fourth-order valence-electron chi connectivity index (χ4n) is 3.01. The van der Waals surface area contributed by atoms with Crippen molar-refractivity contribution in [2.24, 2.45) is 0 Å². The Hall–Kier alpha value is -3.89. The molecule has 0 radical (unpaired) electrons. The molecule has 0 aliphatic rings. The lowest BCUT2D eigenvalue weighted by atomic mass is 10.0. The molecule has 0 aliphatic carbocycles. The van der Waals surface area contributed by atoms with E-state index in [1.54, 1.807) is 53.7 Å². The van der Waals surface area contributed by atoms with E-state index in [9.17, 15) is 24.0 Å². The average Bonchev–Trinajstić information content (AvgIpc) is 2.81. The van der Waals surface area contributed by atoms with Gasteiger partial charge in [0.05, 0.1) is 19.6 Å². The Morgan fingerprint density at radius 3 is 2.08 bits per heavy atom. The molecule has 0 heterocycles. The molecule has 0 fully saturated rings. The quantitative estimate of drug-likeness (QED) is 0.179. The molecule has 38 heavy (non-hydrogen) atoms.